The van der Waals surface area contributed by atoms with Gasteiger partial charge < -0.3 is 4.74 Å². The molecule has 2 heterocycles. The second kappa shape index (κ2) is 7.03. The smallest absolute Gasteiger partial charge is 0.250 e. The van der Waals surface area contributed by atoms with E-state index in [1.807, 2.05) is 54.6 Å². The number of ether oxygens (including phenoxy) is 1. The van der Waals surface area contributed by atoms with E-state index in [1.54, 1.807) is 11.8 Å². The summed E-state index contributed by atoms with van der Waals surface area (Å²) >= 11 is 0. The van der Waals surface area contributed by atoms with E-state index in [2.05, 4.69) is 20.4 Å². The molecule has 7 nitrogen and oxygen atoms in total. The summed E-state index contributed by atoms with van der Waals surface area (Å²) in [5, 5.41) is 7.09. The molecule has 0 aliphatic carbocycles. The van der Waals surface area contributed by atoms with Gasteiger partial charge in [-0.25, -0.2) is 9.67 Å². The fourth-order valence-electron chi connectivity index (χ4n) is 3.14. The predicted molar refractivity (Wildman–Crippen MR) is 103 cm³/mol. The van der Waals surface area contributed by atoms with Crippen molar-refractivity contribution in [2.45, 2.75) is 19.4 Å². The number of rotatable bonds is 4. The first kappa shape index (κ1) is 17.0. The molecule has 0 saturated carbocycles. The molecule has 1 unspecified atom stereocenters. The van der Waals surface area contributed by atoms with Crippen LogP contribution < -0.4 is 10.1 Å². The number of benzene rings is 2. The number of methoxy groups -OCH3 is 1. The lowest BCUT2D eigenvalue weighted by Crippen LogP contribution is -2.21. The zero-order chi connectivity index (χ0) is 18.8. The molecule has 0 spiro atoms. The fraction of sp³-hybridized carbons (Fsp3) is 0.200. The summed E-state index contributed by atoms with van der Waals surface area (Å²) in [7, 11) is 1.64. The highest BCUT2D eigenvalue weighted by molar-refractivity contribution is 6.02. The van der Waals surface area contributed by atoms with Crippen LogP contribution in [0.5, 0.6) is 5.75 Å². The molecule has 0 saturated heterocycles. The van der Waals surface area contributed by atoms with Gasteiger partial charge in [-0.3, -0.25) is 10.1 Å². The zero-order valence-electron chi connectivity index (χ0n) is 15.1. The molecule has 1 N–H and O–H groups in total. The largest absolute Gasteiger partial charge is 0.497 e. The van der Waals surface area contributed by atoms with Gasteiger partial charge in [-0.2, -0.15) is 4.98 Å². The second-order valence-corrected chi connectivity index (χ2v) is 6.28. The van der Waals surface area contributed by atoms with Crippen molar-refractivity contribution in [2.75, 3.05) is 12.4 Å². The van der Waals surface area contributed by atoms with Crippen molar-refractivity contribution in [3.05, 3.63) is 65.7 Å². The summed E-state index contributed by atoms with van der Waals surface area (Å²) in [6.45, 7) is 1.43. The van der Waals surface area contributed by atoms with Gasteiger partial charge >= 0.3 is 0 Å². The summed E-state index contributed by atoms with van der Waals surface area (Å²) < 4.78 is 7.02. The van der Waals surface area contributed by atoms with E-state index in [9.17, 15) is 4.79 Å². The molecule has 27 heavy (non-hydrogen) atoms. The number of hydrogen-bond acceptors (Lipinski definition) is 5. The maximum absolute atomic E-state index is 11.4. The summed E-state index contributed by atoms with van der Waals surface area (Å²) in [5.41, 5.74) is 3.05. The van der Waals surface area contributed by atoms with Crippen LogP contribution in [0.4, 0.5) is 11.9 Å². The number of fused-ring (bicyclic) bond motifs is 1. The van der Waals surface area contributed by atoms with Gasteiger partial charge in [0.05, 0.1) is 18.9 Å². The van der Waals surface area contributed by atoms with Crippen molar-refractivity contribution in [3.8, 4) is 5.75 Å². The Morgan fingerprint density at radius 3 is 2.56 bits per heavy atom. The molecular weight excluding hydrogens is 342 g/mol. The minimum Gasteiger partial charge on any atom is -0.497 e. The first-order valence-corrected chi connectivity index (χ1v) is 8.65. The van der Waals surface area contributed by atoms with Crippen LogP contribution in [-0.4, -0.2) is 33.5 Å². The van der Waals surface area contributed by atoms with E-state index >= 15 is 0 Å². The first-order chi connectivity index (χ1) is 13.1. The Bertz CT molecular complexity index is 993. The molecule has 0 bridgehead atoms. The van der Waals surface area contributed by atoms with Gasteiger partial charge in [-0.05, 0) is 23.3 Å². The predicted octanol–water partition coefficient (Wildman–Crippen LogP) is 3.36. The number of carbonyl (C=O) groups is 1. The van der Waals surface area contributed by atoms with E-state index in [0.29, 0.717) is 12.4 Å². The molecule has 3 aromatic rings. The Hall–Kier alpha value is -3.48. The van der Waals surface area contributed by atoms with Crippen LogP contribution >= 0.6 is 0 Å². The zero-order valence-corrected chi connectivity index (χ0v) is 15.1. The Morgan fingerprint density at radius 2 is 1.89 bits per heavy atom. The van der Waals surface area contributed by atoms with Crippen molar-refractivity contribution < 1.29 is 9.53 Å². The molecular formula is C20H19N5O2. The molecule has 7 heteroatoms. The molecule has 0 radical (unpaired) electrons. The molecule has 1 aliphatic rings. The minimum absolute atomic E-state index is 0.0754. The van der Waals surface area contributed by atoms with E-state index in [0.717, 1.165) is 22.6 Å². The minimum atomic E-state index is -0.216. The highest BCUT2D eigenvalue weighted by Gasteiger charge is 2.27. The lowest BCUT2D eigenvalue weighted by atomic mass is 9.96. The van der Waals surface area contributed by atoms with Crippen LogP contribution in [0.3, 0.4) is 0 Å². The topological polar surface area (TPSA) is 81.4 Å². The highest BCUT2D eigenvalue weighted by Crippen LogP contribution is 2.34. The quantitative estimate of drug-likeness (QED) is 0.772. The van der Waals surface area contributed by atoms with Gasteiger partial charge in [0, 0.05) is 13.3 Å². The number of amides is 1. The average molecular weight is 361 g/mol. The van der Waals surface area contributed by atoms with Crippen molar-refractivity contribution in [2.24, 2.45) is 4.99 Å². The second-order valence-electron chi connectivity index (χ2n) is 6.28. The van der Waals surface area contributed by atoms with Crippen LogP contribution in [0, 0.1) is 0 Å². The van der Waals surface area contributed by atoms with Crippen LogP contribution in [-0.2, 0) is 4.79 Å². The molecule has 2 aromatic carbocycles. The summed E-state index contributed by atoms with van der Waals surface area (Å²) in [6, 6.07) is 17.8. The maximum Gasteiger partial charge on any atom is 0.250 e. The molecule has 4 rings (SSSR count). The number of carbonyl (C=O) groups excluding carboxylic acids is 1. The van der Waals surface area contributed by atoms with Crippen molar-refractivity contribution in [1.29, 1.82) is 0 Å². The normalized spacial score (nSPS) is 15.6. The van der Waals surface area contributed by atoms with Crippen molar-refractivity contribution >= 4 is 23.5 Å². The maximum atomic E-state index is 11.4. The number of aromatic nitrogens is 3. The SMILES string of the molecule is COc1ccc(C2CC(c3ccccc3)=Nc3nc(NC(C)=O)nn32)cc1. The van der Waals surface area contributed by atoms with Gasteiger partial charge in [-0.15, -0.1) is 5.10 Å². The van der Waals surface area contributed by atoms with Crippen LogP contribution in [0.1, 0.15) is 30.5 Å². The van der Waals surface area contributed by atoms with Crippen molar-refractivity contribution in [1.82, 2.24) is 14.8 Å². The molecule has 136 valence electrons. The fourth-order valence-corrected chi connectivity index (χ4v) is 3.14. The Kier molecular flexibility index (Phi) is 4.42. The van der Waals surface area contributed by atoms with Gasteiger partial charge in [0.15, 0.2) is 0 Å². The van der Waals surface area contributed by atoms with E-state index in [-0.39, 0.29) is 17.9 Å². The Balaban J connectivity index is 1.78. The number of nitrogens with zero attached hydrogens (tertiary/aromatic N) is 4. The third-order valence-corrected chi connectivity index (χ3v) is 4.43. The van der Waals surface area contributed by atoms with E-state index in [1.165, 1.54) is 6.92 Å². The summed E-state index contributed by atoms with van der Waals surface area (Å²) in [6.07, 6.45) is 0.673. The van der Waals surface area contributed by atoms with Gasteiger partial charge in [0.1, 0.15) is 5.75 Å². The monoisotopic (exact) mass is 361 g/mol. The third-order valence-electron chi connectivity index (χ3n) is 4.43. The Labute approximate surface area is 156 Å². The van der Waals surface area contributed by atoms with E-state index in [4.69, 9.17) is 4.74 Å². The number of anilines is 1. The highest BCUT2D eigenvalue weighted by atomic mass is 16.5. The summed E-state index contributed by atoms with van der Waals surface area (Å²) in [4.78, 5) is 20.5. The van der Waals surface area contributed by atoms with Gasteiger partial charge in [0.2, 0.25) is 5.91 Å². The standard InChI is InChI=1S/C20H19N5O2/c1-13(26)21-19-23-20-22-17(14-6-4-3-5-7-14)12-18(25(20)24-19)15-8-10-16(27-2)11-9-15/h3-11,18H,12H2,1-2H3,(H,21,24,26). The Morgan fingerprint density at radius 1 is 1.15 bits per heavy atom. The molecule has 1 aliphatic heterocycles. The molecule has 1 amide bonds. The molecule has 1 aromatic heterocycles. The van der Waals surface area contributed by atoms with Crippen LogP contribution in [0.15, 0.2) is 59.6 Å². The lowest BCUT2D eigenvalue weighted by molar-refractivity contribution is -0.114. The van der Waals surface area contributed by atoms with Crippen LogP contribution in [0.25, 0.3) is 0 Å². The van der Waals surface area contributed by atoms with Gasteiger partial charge in [0.25, 0.3) is 11.9 Å². The number of nitrogens with one attached hydrogen (secondary N) is 1. The van der Waals surface area contributed by atoms with Crippen molar-refractivity contribution in [3.63, 3.8) is 0 Å². The third kappa shape index (κ3) is 3.44. The molecule has 0 fully saturated rings. The summed E-state index contributed by atoms with van der Waals surface area (Å²) in [5.74, 6) is 1.31. The van der Waals surface area contributed by atoms with E-state index < -0.39 is 0 Å². The first-order valence-electron chi connectivity index (χ1n) is 8.65. The average Bonchev–Trinajstić information content (AvgIpc) is 3.09. The number of hydrogen-bond donors (Lipinski definition) is 1. The lowest BCUT2D eigenvalue weighted by Gasteiger charge is -2.23. The number of aliphatic imine (C=N–C) groups is 1. The van der Waals surface area contributed by atoms with Gasteiger partial charge in [-0.1, -0.05) is 42.5 Å². The molecule has 1 atom stereocenters. The van der Waals surface area contributed by atoms with Crippen LogP contribution in [0.2, 0.25) is 0 Å².